The second kappa shape index (κ2) is 4.86. The van der Waals surface area contributed by atoms with Gasteiger partial charge in [0.2, 0.25) is 0 Å². The van der Waals surface area contributed by atoms with Crippen molar-refractivity contribution in [2.24, 2.45) is 5.73 Å². The Kier molecular flexibility index (Phi) is 3.43. The molecule has 0 aliphatic rings. The molecule has 0 spiro atoms. The summed E-state index contributed by atoms with van der Waals surface area (Å²) in [4.78, 5) is 0. The van der Waals surface area contributed by atoms with Crippen LogP contribution in [0, 0.1) is 25.5 Å². The number of rotatable bonds is 2. The van der Waals surface area contributed by atoms with Crippen molar-refractivity contribution in [2.45, 2.75) is 19.9 Å². The number of halogens is 2. The van der Waals surface area contributed by atoms with E-state index in [4.69, 9.17) is 5.73 Å². The summed E-state index contributed by atoms with van der Waals surface area (Å²) in [6.45, 7) is 3.90. The molecule has 0 saturated heterocycles. The van der Waals surface area contributed by atoms with Crippen LogP contribution in [0.5, 0.6) is 0 Å². The number of hydrogen-bond acceptors (Lipinski definition) is 1. The van der Waals surface area contributed by atoms with Crippen LogP contribution in [0.1, 0.15) is 28.3 Å². The Morgan fingerprint density at radius 1 is 0.944 bits per heavy atom. The molecule has 0 aliphatic carbocycles. The summed E-state index contributed by atoms with van der Waals surface area (Å²) in [5.41, 5.74) is 9.09. The molecule has 0 aromatic heterocycles. The summed E-state index contributed by atoms with van der Waals surface area (Å²) in [7, 11) is 0. The summed E-state index contributed by atoms with van der Waals surface area (Å²) in [5, 5.41) is 0. The van der Waals surface area contributed by atoms with E-state index < -0.39 is 17.7 Å². The second-order valence-electron chi connectivity index (χ2n) is 4.56. The molecule has 0 aliphatic heterocycles. The van der Waals surface area contributed by atoms with E-state index in [1.54, 1.807) is 0 Å². The third-order valence-electron chi connectivity index (χ3n) is 2.90. The first kappa shape index (κ1) is 12.7. The van der Waals surface area contributed by atoms with Crippen molar-refractivity contribution in [2.75, 3.05) is 0 Å². The van der Waals surface area contributed by atoms with Gasteiger partial charge in [0, 0.05) is 5.56 Å². The lowest BCUT2D eigenvalue weighted by atomic mass is 9.96. The van der Waals surface area contributed by atoms with E-state index in [2.05, 4.69) is 0 Å². The third-order valence-corrected chi connectivity index (χ3v) is 2.90. The first-order valence-corrected chi connectivity index (χ1v) is 5.76. The Bertz CT molecular complexity index is 558. The molecule has 0 fully saturated rings. The van der Waals surface area contributed by atoms with Gasteiger partial charge in [0.05, 0.1) is 6.04 Å². The Morgan fingerprint density at radius 2 is 1.56 bits per heavy atom. The molecule has 2 N–H and O–H groups in total. The summed E-state index contributed by atoms with van der Waals surface area (Å²) in [5.74, 6) is -0.964. The Balaban J connectivity index is 2.47. The smallest absolute Gasteiger partial charge is 0.128 e. The first-order valence-electron chi connectivity index (χ1n) is 5.76. The Labute approximate surface area is 105 Å². The van der Waals surface area contributed by atoms with E-state index in [1.807, 2.05) is 32.0 Å². The lowest BCUT2D eigenvalue weighted by Gasteiger charge is -2.15. The molecule has 18 heavy (non-hydrogen) atoms. The van der Waals surface area contributed by atoms with Crippen LogP contribution in [-0.2, 0) is 0 Å². The average Bonchev–Trinajstić information content (AvgIpc) is 2.30. The quantitative estimate of drug-likeness (QED) is 0.861. The molecule has 1 unspecified atom stereocenters. The van der Waals surface area contributed by atoms with Crippen molar-refractivity contribution < 1.29 is 8.78 Å². The van der Waals surface area contributed by atoms with Gasteiger partial charge in [-0.2, -0.15) is 0 Å². The highest BCUT2D eigenvalue weighted by atomic mass is 19.1. The van der Waals surface area contributed by atoms with Crippen LogP contribution >= 0.6 is 0 Å². The van der Waals surface area contributed by atoms with Gasteiger partial charge in [-0.1, -0.05) is 29.3 Å². The van der Waals surface area contributed by atoms with Gasteiger partial charge in [-0.3, -0.25) is 0 Å². The highest BCUT2D eigenvalue weighted by Gasteiger charge is 2.15. The molecule has 0 amide bonds. The number of hydrogen-bond donors (Lipinski definition) is 1. The Morgan fingerprint density at radius 3 is 2.17 bits per heavy atom. The Hall–Kier alpha value is -1.74. The molecule has 0 bridgehead atoms. The van der Waals surface area contributed by atoms with Crippen molar-refractivity contribution in [1.29, 1.82) is 0 Å². The van der Waals surface area contributed by atoms with Gasteiger partial charge in [-0.05, 0) is 37.6 Å². The molecular weight excluding hydrogens is 232 g/mol. The molecular formula is C15H15F2N. The molecule has 0 saturated carbocycles. The zero-order chi connectivity index (χ0) is 13.3. The number of nitrogens with two attached hydrogens (primary N) is 1. The lowest BCUT2D eigenvalue weighted by Crippen LogP contribution is -2.14. The topological polar surface area (TPSA) is 26.0 Å². The molecule has 0 radical (unpaired) electrons. The fourth-order valence-corrected chi connectivity index (χ4v) is 2.12. The number of benzene rings is 2. The van der Waals surface area contributed by atoms with E-state index in [0.717, 1.165) is 34.9 Å². The van der Waals surface area contributed by atoms with Crippen LogP contribution in [0.3, 0.4) is 0 Å². The van der Waals surface area contributed by atoms with Crippen molar-refractivity contribution in [3.05, 3.63) is 70.3 Å². The normalized spacial score (nSPS) is 12.5. The van der Waals surface area contributed by atoms with Crippen LogP contribution in [0.2, 0.25) is 0 Å². The van der Waals surface area contributed by atoms with E-state index in [-0.39, 0.29) is 5.56 Å². The van der Waals surface area contributed by atoms with Crippen LogP contribution < -0.4 is 5.73 Å². The predicted octanol–water partition coefficient (Wildman–Crippen LogP) is 3.63. The van der Waals surface area contributed by atoms with Crippen molar-refractivity contribution in [1.82, 2.24) is 0 Å². The molecule has 2 rings (SSSR count). The van der Waals surface area contributed by atoms with Gasteiger partial charge in [0.25, 0.3) is 0 Å². The van der Waals surface area contributed by atoms with E-state index in [1.165, 1.54) is 0 Å². The fraction of sp³-hybridized carbons (Fsp3) is 0.200. The average molecular weight is 247 g/mol. The SMILES string of the molecule is Cc1cc(C)cc(C(N)c2cc(F)ccc2F)c1. The van der Waals surface area contributed by atoms with Gasteiger partial charge in [-0.25, -0.2) is 8.78 Å². The van der Waals surface area contributed by atoms with Crippen molar-refractivity contribution >= 4 is 0 Å². The minimum atomic E-state index is -0.653. The summed E-state index contributed by atoms with van der Waals surface area (Å²) in [6.07, 6.45) is 0. The van der Waals surface area contributed by atoms with E-state index in [0.29, 0.717) is 0 Å². The molecule has 1 atom stereocenters. The minimum absolute atomic E-state index is 0.181. The largest absolute Gasteiger partial charge is 0.320 e. The summed E-state index contributed by atoms with van der Waals surface area (Å²) in [6, 6.07) is 8.49. The first-order chi connectivity index (χ1) is 8.47. The predicted molar refractivity (Wildman–Crippen MR) is 68.3 cm³/mol. The molecule has 0 heterocycles. The van der Waals surface area contributed by atoms with Crippen LogP contribution in [0.15, 0.2) is 36.4 Å². The van der Waals surface area contributed by atoms with Crippen molar-refractivity contribution in [3.63, 3.8) is 0 Å². The van der Waals surface area contributed by atoms with Gasteiger partial charge >= 0.3 is 0 Å². The summed E-state index contributed by atoms with van der Waals surface area (Å²) >= 11 is 0. The highest BCUT2D eigenvalue weighted by molar-refractivity contribution is 5.37. The van der Waals surface area contributed by atoms with Gasteiger partial charge in [0.1, 0.15) is 11.6 Å². The highest BCUT2D eigenvalue weighted by Crippen LogP contribution is 2.24. The number of aryl methyl sites for hydroxylation is 2. The molecule has 3 heteroatoms. The van der Waals surface area contributed by atoms with E-state index in [9.17, 15) is 8.78 Å². The maximum absolute atomic E-state index is 13.7. The molecule has 2 aromatic carbocycles. The fourth-order valence-electron chi connectivity index (χ4n) is 2.12. The lowest BCUT2D eigenvalue weighted by molar-refractivity contribution is 0.576. The zero-order valence-electron chi connectivity index (χ0n) is 10.4. The second-order valence-corrected chi connectivity index (χ2v) is 4.56. The van der Waals surface area contributed by atoms with Gasteiger partial charge in [0.15, 0.2) is 0 Å². The van der Waals surface area contributed by atoms with Crippen LogP contribution in [0.4, 0.5) is 8.78 Å². The van der Waals surface area contributed by atoms with Crippen LogP contribution in [-0.4, -0.2) is 0 Å². The van der Waals surface area contributed by atoms with Gasteiger partial charge in [-0.15, -0.1) is 0 Å². The third kappa shape index (κ3) is 2.57. The van der Waals surface area contributed by atoms with Crippen LogP contribution in [0.25, 0.3) is 0 Å². The maximum Gasteiger partial charge on any atom is 0.128 e. The maximum atomic E-state index is 13.7. The minimum Gasteiger partial charge on any atom is -0.320 e. The molecule has 2 aromatic rings. The molecule has 1 nitrogen and oxygen atoms in total. The van der Waals surface area contributed by atoms with Crippen molar-refractivity contribution in [3.8, 4) is 0 Å². The molecule has 94 valence electrons. The van der Waals surface area contributed by atoms with E-state index >= 15 is 0 Å². The monoisotopic (exact) mass is 247 g/mol. The zero-order valence-corrected chi connectivity index (χ0v) is 10.4. The standard InChI is InChI=1S/C15H15F2N/c1-9-5-10(2)7-11(6-9)15(18)13-8-12(16)3-4-14(13)17/h3-8,15H,18H2,1-2H3. The summed E-state index contributed by atoms with van der Waals surface area (Å²) < 4.78 is 26.8. The van der Waals surface area contributed by atoms with Gasteiger partial charge < -0.3 is 5.73 Å².